The van der Waals surface area contributed by atoms with E-state index in [1.807, 2.05) is 48.8 Å². The molecule has 9 rings (SSSR count). The molecular formula is C40H28N4. The Balaban J connectivity index is 1.51. The molecule has 8 aromatic rings. The fourth-order valence-electron chi connectivity index (χ4n) is 7.38. The second kappa shape index (κ2) is 9.19. The minimum absolute atomic E-state index is 0.193. The number of nitrogens with zero attached hydrogens (tertiary/aromatic N) is 4. The zero-order chi connectivity index (χ0) is 29.4. The standard InChI is InChI=1S/C40H28N4/c1-40(2)31-18-8-7-17-30(31)39-37(40)36-28-15-5-3-13-26(28)27-14-4-6-16-29(27)38(36)44(39)25-23-34(32-19-9-11-21-41-32)43-35(24-25)33-20-10-12-22-42-33/h3-24H,1-2H3. The van der Waals surface area contributed by atoms with Crippen molar-refractivity contribution >= 4 is 32.4 Å². The summed E-state index contributed by atoms with van der Waals surface area (Å²) in [6.45, 7) is 4.74. The first-order chi connectivity index (χ1) is 21.6. The van der Waals surface area contributed by atoms with Gasteiger partial charge in [0, 0.05) is 34.1 Å². The molecule has 1 aliphatic carbocycles. The third-order valence-corrected chi connectivity index (χ3v) is 9.24. The summed E-state index contributed by atoms with van der Waals surface area (Å²) in [4.78, 5) is 14.5. The fourth-order valence-corrected chi connectivity index (χ4v) is 7.38. The van der Waals surface area contributed by atoms with E-state index in [4.69, 9.17) is 15.0 Å². The number of hydrogen-bond donors (Lipinski definition) is 0. The fraction of sp³-hybridized carbons (Fsp3) is 0.0750. The van der Waals surface area contributed by atoms with Gasteiger partial charge < -0.3 is 4.57 Å². The van der Waals surface area contributed by atoms with Crippen LogP contribution in [0.15, 0.2) is 134 Å². The number of aromatic nitrogens is 4. The monoisotopic (exact) mass is 564 g/mol. The van der Waals surface area contributed by atoms with Crippen LogP contribution in [0.3, 0.4) is 0 Å². The minimum atomic E-state index is -0.193. The maximum atomic E-state index is 5.10. The SMILES string of the molecule is CC1(C)c2ccccc2-c2c1c1c3ccccc3c3ccccc3c1n2-c1cc(-c2ccccn2)nc(-c2ccccn2)c1. The summed E-state index contributed by atoms with van der Waals surface area (Å²) in [5, 5.41) is 6.36. The van der Waals surface area contributed by atoms with Gasteiger partial charge >= 0.3 is 0 Å². The van der Waals surface area contributed by atoms with Crippen LogP contribution in [0.2, 0.25) is 0 Å². The summed E-state index contributed by atoms with van der Waals surface area (Å²) >= 11 is 0. The third-order valence-electron chi connectivity index (χ3n) is 9.24. The predicted molar refractivity (Wildman–Crippen MR) is 180 cm³/mol. The molecule has 4 heterocycles. The van der Waals surface area contributed by atoms with E-state index in [0.29, 0.717) is 0 Å². The highest BCUT2D eigenvalue weighted by molar-refractivity contribution is 6.27. The van der Waals surface area contributed by atoms with Gasteiger partial charge in [0.25, 0.3) is 0 Å². The first-order valence-corrected chi connectivity index (χ1v) is 15.0. The maximum absolute atomic E-state index is 5.10. The normalized spacial score (nSPS) is 13.4. The molecule has 4 aromatic heterocycles. The molecule has 0 atom stereocenters. The topological polar surface area (TPSA) is 43.6 Å². The molecule has 0 spiro atoms. The van der Waals surface area contributed by atoms with Gasteiger partial charge in [0.1, 0.15) is 0 Å². The lowest BCUT2D eigenvalue weighted by Gasteiger charge is -2.22. The van der Waals surface area contributed by atoms with Crippen molar-refractivity contribution in [1.82, 2.24) is 19.5 Å². The van der Waals surface area contributed by atoms with Gasteiger partial charge in [-0.25, -0.2) is 4.98 Å². The molecule has 0 amide bonds. The quantitative estimate of drug-likeness (QED) is 0.201. The highest BCUT2D eigenvalue weighted by Gasteiger charge is 2.41. The molecule has 0 bridgehead atoms. The van der Waals surface area contributed by atoms with E-state index in [2.05, 4.69) is 103 Å². The molecule has 0 fully saturated rings. The molecule has 0 aliphatic heterocycles. The highest BCUT2D eigenvalue weighted by atomic mass is 15.0. The number of benzene rings is 4. The van der Waals surface area contributed by atoms with E-state index in [1.165, 1.54) is 54.8 Å². The summed E-state index contributed by atoms with van der Waals surface area (Å²) in [7, 11) is 0. The van der Waals surface area contributed by atoms with Gasteiger partial charge in [0.15, 0.2) is 0 Å². The van der Waals surface area contributed by atoms with Crippen molar-refractivity contribution in [2.45, 2.75) is 19.3 Å². The Morgan fingerprint density at radius 3 is 1.73 bits per heavy atom. The Kier molecular flexibility index (Phi) is 5.21. The average Bonchev–Trinajstić information content (AvgIpc) is 3.57. The first kappa shape index (κ1) is 24.9. The summed E-state index contributed by atoms with van der Waals surface area (Å²) in [5.41, 5.74) is 10.6. The third kappa shape index (κ3) is 3.42. The average molecular weight is 565 g/mol. The largest absolute Gasteiger partial charge is 0.308 e. The van der Waals surface area contributed by atoms with Crippen molar-refractivity contribution in [1.29, 1.82) is 0 Å². The smallest absolute Gasteiger partial charge is 0.0915 e. The van der Waals surface area contributed by atoms with E-state index >= 15 is 0 Å². The van der Waals surface area contributed by atoms with Crippen molar-refractivity contribution in [3.63, 3.8) is 0 Å². The summed E-state index contributed by atoms with van der Waals surface area (Å²) in [6.07, 6.45) is 3.65. The van der Waals surface area contributed by atoms with Gasteiger partial charge in [-0.15, -0.1) is 0 Å². The van der Waals surface area contributed by atoms with Crippen molar-refractivity contribution < 1.29 is 0 Å². The lowest BCUT2D eigenvalue weighted by atomic mass is 9.80. The van der Waals surface area contributed by atoms with Crippen molar-refractivity contribution in [2.24, 2.45) is 0 Å². The van der Waals surface area contributed by atoms with Crippen molar-refractivity contribution in [3.8, 4) is 39.7 Å². The van der Waals surface area contributed by atoms with Crippen molar-refractivity contribution in [2.75, 3.05) is 0 Å². The zero-order valence-corrected chi connectivity index (χ0v) is 24.5. The molecule has 44 heavy (non-hydrogen) atoms. The van der Waals surface area contributed by atoms with Gasteiger partial charge in [-0.05, 0) is 63.7 Å². The Morgan fingerprint density at radius 2 is 1.09 bits per heavy atom. The molecule has 0 saturated heterocycles. The predicted octanol–water partition coefficient (Wildman–Crippen LogP) is 9.76. The number of hydrogen-bond acceptors (Lipinski definition) is 3. The van der Waals surface area contributed by atoms with E-state index in [0.717, 1.165) is 28.5 Å². The van der Waals surface area contributed by atoms with E-state index in [-0.39, 0.29) is 5.41 Å². The van der Waals surface area contributed by atoms with Gasteiger partial charge in [0.05, 0.1) is 39.7 Å². The Morgan fingerprint density at radius 1 is 0.545 bits per heavy atom. The molecule has 4 heteroatoms. The molecule has 0 radical (unpaired) electrons. The number of fused-ring (bicyclic) bond motifs is 10. The Labute approximate surface area is 255 Å². The molecule has 208 valence electrons. The van der Waals surface area contributed by atoms with E-state index in [9.17, 15) is 0 Å². The Bertz CT molecular complexity index is 2350. The van der Waals surface area contributed by atoms with Gasteiger partial charge in [-0.3, -0.25) is 9.97 Å². The van der Waals surface area contributed by atoms with Gasteiger partial charge in [0.2, 0.25) is 0 Å². The van der Waals surface area contributed by atoms with Crippen LogP contribution in [-0.4, -0.2) is 19.5 Å². The van der Waals surface area contributed by atoms with Crippen LogP contribution >= 0.6 is 0 Å². The second-order valence-electron chi connectivity index (χ2n) is 12.1. The minimum Gasteiger partial charge on any atom is -0.308 e. The lowest BCUT2D eigenvalue weighted by molar-refractivity contribution is 0.666. The van der Waals surface area contributed by atoms with Crippen LogP contribution < -0.4 is 0 Å². The van der Waals surface area contributed by atoms with Crippen molar-refractivity contribution in [3.05, 3.63) is 145 Å². The second-order valence-corrected chi connectivity index (χ2v) is 12.1. The van der Waals surface area contributed by atoms with E-state index in [1.54, 1.807) is 0 Å². The van der Waals surface area contributed by atoms with Crippen LogP contribution in [0.5, 0.6) is 0 Å². The van der Waals surface area contributed by atoms with Gasteiger partial charge in [-0.2, -0.15) is 0 Å². The zero-order valence-electron chi connectivity index (χ0n) is 24.5. The molecule has 0 unspecified atom stereocenters. The summed E-state index contributed by atoms with van der Waals surface area (Å²) < 4.78 is 2.49. The van der Waals surface area contributed by atoms with Crippen LogP contribution in [0.4, 0.5) is 0 Å². The number of pyridine rings is 3. The van der Waals surface area contributed by atoms with Crippen LogP contribution in [0.1, 0.15) is 25.0 Å². The molecule has 4 nitrogen and oxygen atoms in total. The summed E-state index contributed by atoms with van der Waals surface area (Å²) in [6, 6.07) is 42.9. The maximum Gasteiger partial charge on any atom is 0.0915 e. The van der Waals surface area contributed by atoms with Crippen LogP contribution in [0.25, 0.3) is 72.2 Å². The van der Waals surface area contributed by atoms with Crippen LogP contribution in [-0.2, 0) is 5.41 Å². The highest BCUT2D eigenvalue weighted by Crippen LogP contribution is 2.56. The molecule has 1 aliphatic rings. The van der Waals surface area contributed by atoms with Gasteiger partial charge in [-0.1, -0.05) is 98.8 Å². The number of rotatable bonds is 3. The lowest BCUT2D eigenvalue weighted by Crippen LogP contribution is -2.14. The molecule has 0 saturated carbocycles. The van der Waals surface area contributed by atoms with Crippen LogP contribution in [0, 0.1) is 0 Å². The first-order valence-electron chi connectivity index (χ1n) is 15.0. The molecule has 4 aromatic carbocycles. The van der Waals surface area contributed by atoms with E-state index < -0.39 is 0 Å². The molecular weight excluding hydrogens is 536 g/mol. The summed E-state index contributed by atoms with van der Waals surface area (Å²) in [5.74, 6) is 0. The molecule has 0 N–H and O–H groups in total. The Hall–Kier alpha value is -5.61.